The lowest BCUT2D eigenvalue weighted by Crippen LogP contribution is -2.31. The second kappa shape index (κ2) is 12.2. The first-order chi connectivity index (χ1) is 15.9. The minimum Gasteiger partial charge on any atom is -0.376 e. The van der Waals surface area contributed by atoms with Crippen LogP contribution in [0.15, 0.2) is 42.5 Å². The highest BCUT2D eigenvalue weighted by Gasteiger charge is 2.17. The Kier molecular flexibility index (Phi) is 9.09. The average Bonchev–Trinajstić information content (AvgIpc) is 3.32. The maximum Gasteiger partial charge on any atom is 0.251 e. The van der Waals surface area contributed by atoms with Gasteiger partial charge in [0.25, 0.3) is 5.91 Å². The molecule has 1 aliphatic heterocycles. The van der Waals surface area contributed by atoms with Gasteiger partial charge in [0.15, 0.2) is 0 Å². The standard InChI is InChI=1S/C24H29ClN4O4/c1-2-5-22(30)28-18-9-10-20(25)21(13-18)26-15-23(31)29-17-7-3-6-16(12-17)24(32)27-14-19-8-4-11-33-19/h3,6-7,9-10,12-13,19,26H,2,4-5,8,11,14-15H2,1H3,(H,27,32)(H,28,30)(H,29,31). The second-order valence-corrected chi connectivity index (χ2v) is 8.23. The Balaban J connectivity index is 1.52. The minimum atomic E-state index is -0.302. The number of rotatable bonds is 10. The van der Waals surface area contributed by atoms with E-state index in [-0.39, 0.29) is 30.4 Å². The van der Waals surface area contributed by atoms with E-state index in [2.05, 4.69) is 21.3 Å². The van der Waals surface area contributed by atoms with Gasteiger partial charge in [0, 0.05) is 36.5 Å². The van der Waals surface area contributed by atoms with Crippen LogP contribution >= 0.6 is 11.6 Å². The van der Waals surface area contributed by atoms with Crippen molar-refractivity contribution in [3.05, 3.63) is 53.1 Å². The number of ether oxygens (including phenoxy) is 1. The highest BCUT2D eigenvalue weighted by Crippen LogP contribution is 2.25. The van der Waals surface area contributed by atoms with Crippen molar-refractivity contribution in [1.29, 1.82) is 0 Å². The number of benzene rings is 2. The van der Waals surface area contributed by atoms with Crippen molar-refractivity contribution in [2.45, 2.75) is 38.7 Å². The summed E-state index contributed by atoms with van der Waals surface area (Å²) in [6.07, 6.45) is 3.20. The molecule has 4 N–H and O–H groups in total. The van der Waals surface area contributed by atoms with Gasteiger partial charge in [-0.05, 0) is 55.7 Å². The largest absolute Gasteiger partial charge is 0.376 e. The summed E-state index contributed by atoms with van der Waals surface area (Å²) in [5.74, 6) is -0.597. The van der Waals surface area contributed by atoms with Crippen LogP contribution in [0.3, 0.4) is 0 Å². The molecule has 8 nitrogen and oxygen atoms in total. The highest BCUT2D eigenvalue weighted by atomic mass is 35.5. The van der Waals surface area contributed by atoms with E-state index in [4.69, 9.17) is 16.3 Å². The number of carbonyl (C=O) groups excluding carboxylic acids is 3. The van der Waals surface area contributed by atoms with Crippen molar-refractivity contribution < 1.29 is 19.1 Å². The molecule has 3 rings (SSSR count). The summed E-state index contributed by atoms with van der Waals surface area (Å²) in [5.41, 5.74) is 2.10. The molecule has 176 valence electrons. The molecule has 1 fully saturated rings. The number of nitrogens with one attached hydrogen (secondary N) is 4. The highest BCUT2D eigenvalue weighted by molar-refractivity contribution is 6.33. The quantitative estimate of drug-likeness (QED) is 0.417. The molecule has 9 heteroatoms. The van der Waals surface area contributed by atoms with Crippen LogP contribution in [-0.4, -0.2) is 43.5 Å². The van der Waals surface area contributed by atoms with Gasteiger partial charge in [0.2, 0.25) is 11.8 Å². The summed E-state index contributed by atoms with van der Waals surface area (Å²) < 4.78 is 5.52. The zero-order chi connectivity index (χ0) is 23.6. The van der Waals surface area contributed by atoms with Crippen LogP contribution in [0.5, 0.6) is 0 Å². The van der Waals surface area contributed by atoms with Crippen LogP contribution in [-0.2, 0) is 14.3 Å². The minimum absolute atomic E-state index is 0.0402. The first-order valence-corrected chi connectivity index (χ1v) is 11.5. The normalized spacial score (nSPS) is 15.0. The van der Waals surface area contributed by atoms with Crippen LogP contribution in [0, 0.1) is 0 Å². The van der Waals surface area contributed by atoms with Gasteiger partial charge in [0.05, 0.1) is 23.4 Å². The van der Waals surface area contributed by atoms with Crippen molar-refractivity contribution in [2.24, 2.45) is 0 Å². The van der Waals surface area contributed by atoms with E-state index in [9.17, 15) is 14.4 Å². The third-order valence-electron chi connectivity index (χ3n) is 5.09. The molecule has 0 spiro atoms. The van der Waals surface area contributed by atoms with E-state index >= 15 is 0 Å². The van der Waals surface area contributed by atoms with E-state index < -0.39 is 0 Å². The van der Waals surface area contributed by atoms with Gasteiger partial charge >= 0.3 is 0 Å². The summed E-state index contributed by atoms with van der Waals surface area (Å²) in [4.78, 5) is 36.6. The lowest BCUT2D eigenvalue weighted by Gasteiger charge is -2.13. The van der Waals surface area contributed by atoms with E-state index in [0.717, 1.165) is 25.9 Å². The molecule has 0 aromatic heterocycles. The maximum atomic E-state index is 12.4. The molecule has 1 aliphatic rings. The van der Waals surface area contributed by atoms with Gasteiger partial charge in [-0.2, -0.15) is 0 Å². The second-order valence-electron chi connectivity index (χ2n) is 7.82. The fraction of sp³-hybridized carbons (Fsp3) is 0.375. The van der Waals surface area contributed by atoms with Crippen LogP contribution in [0.4, 0.5) is 17.1 Å². The van der Waals surface area contributed by atoms with Crippen molar-refractivity contribution in [2.75, 3.05) is 35.6 Å². The summed E-state index contributed by atoms with van der Waals surface area (Å²) in [7, 11) is 0. The zero-order valence-electron chi connectivity index (χ0n) is 18.6. The van der Waals surface area contributed by atoms with Gasteiger partial charge in [-0.1, -0.05) is 24.6 Å². The summed E-state index contributed by atoms with van der Waals surface area (Å²) >= 11 is 6.21. The Morgan fingerprint density at radius 2 is 1.85 bits per heavy atom. The predicted molar refractivity (Wildman–Crippen MR) is 130 cm³/mol. The molecular formula is C24H29ClN4O4. The van der Waals surface area contributed by atoms with Crippen molar-refractivity contribution in [1.82, 2.24) is 5.32 Å². The lowest BCUT2D eigenvalue weighted by molar-refractivity contribution is -0.116. The van der Waals surface area contributed by atoms with Gasteiger partial charge in [0.1, 0.15) is 0 Å². The average molecular weight is 473 g/mol. The Morgan fingerprint density at radius 1 is 1.06 bits per heavy atom. The predicted octanol–water partition coefficient (Wildman–Crippen LogP) is 4.04. The SMILES string of the molecule is CCCC(=O)Nc1ccc(Cl)c(NCC(=O)Nc2cccc(C(=O)NCC3CCCO3)c2)c1. The van der Waals surface area contributed by atoms with Crippen LogP contribution in [0.2, 0.25) is 5.02 Å². The van der Waals surface area contributed by atoms with Gasteiger partial charge in [-0.15, -0.1) is 0 Å². The first-order valence-electron chi connectivity index (χ1n) is 11.1. The molecule has 1 unspecified atom stereocenters. The molecule has 2 aromatic rings. The Hall–Kier alpha value is -3.10. The number of hydrogen-bond acceptors (Lipinski definition) is 5. The molecule has 33 heavy (non-hydrogen) atoms. The topological polar surface area (TPSA) is 109 Å². The molecule has 1 heterocycles. The van der Waals surface area contributed by atoms with E-state index in [0.29, 0.717) is 40.6 Å². The maximum absolute atomic E-state index is 12.4. The molecular weight excluding hydrogens is 444 g/mol. The van der Waals surface area contributed by atoms with Gasteiger partial charge in [-0.3, -0.25) is 14.4 Å². The number of anilines is 3. The molecule has 0 saturated carbocycles. The Labute approximate surface area is 198 Å². The fourth-order valence-corrected chi connectivity index (χ4v) is 3.61. The fourth-order valence-electron chi connectivity index (χ4n) is 3.42. The molecule has 0 radical (unpaired) electrons. The number of halogens is 1. The van der Waals surface area contributed by atoms with Gasteiger partial charge < -0.3 is 26.0 Å². The number of amides is 3. The van der Waals surface area contributed by atoms with E-state index in [1.807, 2.05) is 6.92 Å². The van der Waals surface area contributed by atoms with Gasteiger partial charge in [-0.25, -0.2) is 0 Å². The zero-order valence-corrected chi connectivity index (χ0v) is 19.3. The first kappa shape index (κ1) is 24.5. The van der Waals surface area contributed by atoms with E-state index in [1.54, 1.807) is 42.5 Å². The molecule has 0 aliphatic carbocycles. The smallest absolute Gasteiger partial charge is 0.251 e. The molecule has 3 amide bonds. The third-order valence-corrected chi connectivity index (χ3v) is 5.42. The van der Waals surface area contributed by atoms with Crippen LogP contribution in [0.1, 0.15) is 43.0 Å². The number of hydrogen-bond donors (Lipinski definition) is 4. The molecule has 1 saturated heterocycles. The van der Waals surface area contributed by atoms with E-state index in [1.165, 1.54) is 0 Å². The molecule has 0 bridgehead atoms. The number of carbonyl (C=O) groups is 3. The van der Waals surface area contributed by atoms with Crippen LogP contribution in [0.25, 0.3) is 0 Å². The van der Waals surface area contributed by atoms with Crippen molar-refractivity contribution >= 4 is 46.4 Å². The monoisotopic (exact) mass is 472 g/mol. The third kappa shape index (κ3) is 7.76. The molecule has 1 atom stereocenters. The summed E-state index contributed by atoms with van der Waals surface area (Å²) in [5, 5.41) is 11.8. The molecule has 2 aromatic carbocycles. The summed E-state index contributed by atoms with van der Waals surface area (Å²) in [6, 6.07) is 11.8. The van der Waals surface area contributed by atoms with Crippen molar-refractivity contribution in [3.63, 3.8) is 0 Å². The van der Waals surface area contributed by atoms with Crippen LogP contribution < -0.4 is 21.3 Å². The van der Waals surface area contributed by atoms with Crippen molar-refractivity contribution in [3.8, 4) is 0 Å². The Morgan fingerprint density at radius 3 is 2.61 bits per heavy atom. The Bertz CT molecular complexity index is 992. The summed E-state index contributed by atoms with van der Waals surface area (Å²) in [6.45, 7) is 3.10. The lowest BCUT2D eigenvalue weighted by atomic mass is 10.1.